The number of benzene rings is 1. The van der Waals surface area contributed by atoms with Crippen molar-refractivity contribution in [1.29, 1.82) is 0 Å². The van der Waals surface area contributed by atoms with E-state index in [1.165, 1.54) is 12.0 Å². The van der Waals surface area contributed by atoms with E-state index in [0.717, 1.165) is 19.5 Å². The highest BCUT2D eigenvalue weighted by Gasteiger charge is 2.24. The lowest BCUT2D eigenvalue weighted by Crippen LogP contribution is -2.44. The third-order valence-electron chi connectivity index (χ3n) is 3.98. The van der Waals surface area contributed by atoms with Crippen molar-refractivity contribution in [2.45, 2.75) is 51.7 Å². The van der Waals surface area contributed by atoms with E-state index >= 15 is 0 Å². The maximum Gasteiger partial charge on any atom is 0.0235 e. The zero-order valence-corrected chi connectivity index (χ0v) is 11.9. The second-order valence-electron chi connectivity index (χ2n) is 5.77. The van der Waals surface area contributed by atoms with E-state index < -0.39 is 0 Å². The molecular formula is C16H26N2. The molecule has 1 N–H and O–H groups in total. The lowest BCUT2D eigenvalue weighted by atomic mass is 10.0. The molecule has 1 fully saturated rings. The van der Waals surface area contributed by atoms with Gasteiger partial charge in [-0.1, -0.05) is 30.3 Å². The van der Waals surface area contributed by atoms with Gasteiger partial charge in [0.05, 0.1) is 0 Å². The van der Waals surface area contributed by atoms with E-state index in [2.05, 4.69) is 61.3 Å². The van der Waals surface area contributed by atoms with Gasteiger partial charge in [0, 0.05) is 24.7 Å². The average molecular weight is 246 g/mol. The molecule has 1 aliphatic heterocycles. The monoisotopic (exact) mass is 246 g/mol. The Labute approximate surface area is 111 Å². The summed E-state index contributed by atoms with van der Waals surface area (Å²) in [6.07, 6.45) is 2.39. The van der Waals surface area contributed by atoms with Crippen LogP contribution >= 0.6 is 0 Å². The number of rotatable bonds is 3. The molecule has 0 saturated carbocycles. The van der Waals surface area contributed by atoms with Gasteiger partial charge >= 0.3 is 0 Å². The van der Waals surface area contributed by atoms with Gasteiger partial charge in [0.15, 0.2) is 0 Å². The molecule has 2 heteroatoms. The first-order valence-corrected chi connectivity index (χ1v) is 7.20. The normalized spacial score (nSPS) is 26.2. The van der Waals surface area contributed by atoms with E-state index in [1.807, 2.05) is 0 Å². The number of nitrogens with zero attached hydrogens (tertiary/aromatic N) is 1. The minimum absolute atomic E-state index is 0.583. The number of nitrogens with one attached hydrogen (secondary N) is 1. The molecule has 1 aromatic rings. The lowest BCUT2D eigenvalue weighted by Gasteiger charge is -2.32. The zero-order valence-electron chi connectivity index (χ0n) is 11.9. The molecule has 2 nitrogen and oxygen atoms in total. The highest BCUT2D eigenvalue weighted by molar-refractivity contribution is 5.16. The molecule has 1 saturated heterocycles. The van der Waals surface area contributed by atoms with E-state index in [4.69, 9.17) is 0 Å². The average Bonchev–Trinajstić information content (AvgIpc) is 2.53. The molecule has 1 heterocycles. The van der Waals surface area contributed by atoms with Gasteiger partial charge in [-0.15, -0.1) is 0 Å². The molecule has 18 heavy (non-hydrogen) atoms. The first-order valence-electron chi connectivity index (χ1n) is 7.20. The molecule has 2 unspecified atom stereocenters. The van der Waals surface area contributed by atoms with Crippen LogP contribution in [0.25, 0.3) is 0 Å². The second kappa shape index (κ2) is 6.35. The summed E-state index contributed by atoms with van der Waals surface area (Å²) < 4.78 is 0. The molecule has 2 atom stereocenters. The Bertz CT molecular complexity index is 347. The predicted molar refractivity (Wildman–Crippen MR) is 77.9 cm³/mol. The van der Waals surface area contributed by atoms with Crippen LogP contribution in [0.4, 0.5) is 0 Å². The van der Waals surface area contributed by atoms with Gasteiger partial charge in [-0.05, 0) is 45.7 Å². The van der Waals surface area contributed by atoms with Crippen LogP contribution in [0.3, 0.4) is 0 Å². The highest BCUT2D eigenvalue weighted by Crippen LogP contribution is 2.15. The van der Waals surface area contributed by atoms with Gasteiger partial charge in [0.2, 0.25) is 0 Å². The number of hydrogen-bond donors (Lipinski definition) is 1. The van der Waals surface area contributed by atoms with Gasteiger partial charge in [0.1, 0.15) is 0 Å². The van der Waals surface area contributed by atoms with E-state index in [-0.39, 0.29) is 0 Å². The van der Waals surface area contributed by atoms with Crippen molar-refractivity contribution in [2.75, 3.05) is 13.1 Å². The lowest BCUT2D eigenvalue weighted by molar-refractivity contribution is 0.160. The van der Waals surface area contributed by atoms with Crippen molar-refractivity contribution in [3.8, 4) is 0 Å². The largest absolute Gasteiger partial charge is 0.312 e. The topological polar surface area (TPSA) is 15.3 Å². The van der Waals surface area contributed by atoms with Gasteiger partial charge in [-0.2, -0.15) is 0 Å². The number of hydrogen-bond acceptors (Lipinski definition) is 2. The van der Waals surface area contributed by atoms with Crippen molar-refractivity contribution < 1.29 is 0 Å². The predicted octanol–water partition coefficient (Wildman–Crippen LogP) is 2.69. The standard InChI is InChI=1S/C16H26N2/c1-13(2)18-12-16(17-10-9-14(18)3)11-15-7-5-4-6-8-15/h4-8,13-14,16-17H,9-12H2,1-3H3. The first kappa shape index (κ1) is 13.6. The molecule has 0 radical (unpaired) electrons. The molecule has 1 aromatic carbocycles. The Morgan fingerprint density at radius 3 is 2.67 bits per heavy atom. The van der Waals surface area contributed by atoms with Crippen molar-refractivity contribution >= 4 is 0 Å². The summed E-state index contributed by atoms with van der Waals surface area (Å²) in [6, 6.07) is 12.7. The molecule has 0 spiro atoms. The van der Waals surface area contributed by atoms with Crippen LogP contribution < -0.4 is 5.32 Å². The van der Waals surface area contributed by atoms with Crippen LogP contribution in [0.15, 0.2) is 30.3 Å². The summed E-state index contributed by atoms with van der Waals surface area (Å²) >= 11 is 0. The van der Waals surface area contributed by atoms with Crippen LogP contribution in [0.1, 0.15) is 32.8 Å². The third kappa shape index (κ3) is 3.56. The fraction of sp³-hybridized carbons (Fsp3) is 0.625. The SMILES string of the molecule is CC(C)N1CC(Cc2ccccc2)NCCC1C. The molecule has 100 valence electrons. The molecule has 0 bridgehead atoms. The maximum atomic E-state index is 3.70. The molecule has 2 rings (SSSR count). The second-order valence-corrected chi connectivity index (χ2v) is 5.77. The summed E-state index contributed by atoms with van der Waals surface area (Å²) in [6.45, 7) is 9.27. The van der Waals surface area contributed by atoms with Crippen molar-refractivity contribution in [2.24, 2.45) is 0 Å². The third-order valence-corrected chi connectivity index (χ3v) is 3.98. The van der Waals surface area contributed by atoms with Crippen molar-refractivity contribution in [1.82, 2.24) is 10.2 Å². The Morgan fingerprint density at radius 2 is 2.00 bits per heavy atom. The zero-order chi connectivity index (χ0) is 13.0. The highest BCUT2D eigenvalue weighted by atomic mass is 15.2. The van der Waals surface area contributed by atoms with Crippen LogP contribution in [-0.4, -0.2) is 36.1 Å². The molecule has 0 aliphatic carbocycles. The van der Waals surface area contributed by atoms with Crippen LogP contribution in [0, 0.1) is 0 Å². The fourth-order valence-electron chi connectivity index (χ4n) is 2.92. The maximum absolute atomic E-state index is 3.70. The van der Waals surface area contributed by atoms with Crippen LogP contribution in [-0.2, 0) is 6.42 Å². The van der Waals surface area contributed by atoms with Gasteiger partial charge in [0.25, 0.3) is 0 Å². The molecular weight excluding hydrogens is 220 g/mol. The Morgan fingerprint density at radius 1 is 1.28 bits per heavy atom. The van der Waals surface area contributed by atoms with E-state index in [9.17, 15) is 0 Å². The first-order chi connectivity index (χ1) is 8.66. The molecule has 1 aliphatic rings. The quantitative estimate of drug-likeness (QED) is 0.882. The fourth-order valence-corrected chi connectivity index (χ4v) is 2.92. The summed E-state index contributed by atoms with van der Waals surface area (Å²) in [5.74, 6) is 0. The van der Waals surface area contributed by atoms with Crippen molar-refractivity contribution in [3.63, 3.8) is 0 Å². The van der Waals surface area contributed by atoms with Crippen molar-refractivity contribution in [3.05, 3.63) is 35.9 Å². The minimum atomic E-state index is 0.583. The van der Waals surface area contributed by atoms with E-state index in [0.29, 0.717) is 18.1 Å². The summed E-state index contributed by atoms with van der Waals surface area (Å²) in [4.78, 5) is 2.63. The molecule has 0 amide bonds. The van der Waals surface area contributed by atoms with Crippen LogP contribution in [0.2, 0.25) is 0 Å². The van der Waals surface area contributed by atoms with Gasteiger partial charge in [-0.3, -0.25) is 4.90 Å². The van der Waals surface area contributed by atoms with E-state index in [1.54, 1.807) is 0 Å². The Kier molecular flexibility index (Phi) is 4.79. The summed E-state index contributed by atoms with van der Waals surface area (Å²) in [5.41, 5.74) is 1.44. The Hall–Kier alpha value is -0.860. The Balaban J connectivity index is 2.00. The van der Waals surface area contributed by atoms with Gasteiger partial charge < -0.3 is 5.32 Å². The summed E-state index contributed by atoms with van der Waals surface area (Å²) in [5, 5.41) is 3.70. The minimum Gasteiger partial charge on any atom is -0.312 e. The summed E-state index contributed by atoms with van der Waals surface area (Å²) in [7, 11) is 0. The van der Waals surface area contributed by atoms with Crippen LogP contribution in [0.5, 0.6) is 0 Å². The van der Waals surface area contributed by atoms with Gasteiger partial charge in [-0.25, -0.2) is 0 Å². The smallest absolute Gasteiger partial charge is 0.0235 e. The molecule has 0 aromatic heterocycles.